The Morgan fingerprint density at radius 3 is 2.13 bits per heavy atom. The Bertz CT molecular complexity index is 2280. The molecule has 3 spiro atoms. The van der Waals surface area contributed by atoms with Gasteiger partial charge in [-0.3, -0.25) is 4.79 Å². The van der Waals surface area contributed by atoms with Gasteiger partial charge in [-0.1, -0.05) is 49.6 Å². The van der Waals surface area contributed by atoms with Gasteiger partial charge in [0, 0.05) is 64.3 Å². The van der Waals surface area contributed by atoms with Crippen molar-refractivity contribution in [1.82, 2.24) is 0 Å². The first-order chi connectivity index (χ1) is 36.9. The van der Waals surface area contributed by atoms with Crippen LogP contribution in [0.25, 0.3) is 0 Å². The highest BCUT2D eigenvalue weighted by Crippen LogP contribution is 2.56. The van der Waals surface area contributed by atoms with E-state index in [1.54, 1.807) is 0 Å². The van der Waals surface area contributed by atoms with E-state index in [0.717, 1.165) is 30.4 Å². The van der Waals surface area contributed by atoms with Gasteiger partial charge in [-0.05, 0) is 74.3 Å². The van der Waals surface area contributed by atoms with Gasteiger partial charge in [0.05, 0.1) is 114 Å². The van der Waals surface area contributed by atoms with Gasteiger partial charge < -0.3 is 92.5 Å². The second-order valence-corrected chi connectivity index (χ2v) is 27.2. The minimum Gasteiger partial charge on any atom is -0.459 e. The summed E-state index contributed by atoms with van der Waals surface area (Å²) in [5.74, 6) is -6.22. The molecule has 0 aromatic heterocycles. The van der Waals surface area contributed by atoms with Crippen LogP contribution in [0.5, 0.6) is 0 Å². The summed E-state index contributed by atoms with van der Waals surface area (Å²) in [5, 5.41) is 45.4. The number of hydrogen-bond donors (Lipinski definition) is 5. The lowest BCUT2D eigenvalue weighted by Crippen LogP contribution is -2.68. The lowest BCUT2D eigenvalue weighted by atomic mass is 9.81. The normalized spacial score (nSPS) is 57.0. The molecular formula is C56H80INO19. The second kappa shape index (κ2) is 20.1. The first-order valence-electron chi connectivity index (χ1n) is 29.2. The molecule has 10 bridgehead atoms. The van der Waals surface area contributed by atoms with Crippen LogP contribution < -0.4 is 5.73 Å². The Labute approximate surface area is 463 Å². The molecule has 14 heterocycles. The highest BCUT2D eigenvalue weighted by molar-refractivity contribution is 14.1. The highest BCUT2D eigenvalue weighted by Gasteiger charge is 2.72. The number of carbonyl (C=O) groups is 1. The van der Waals surface area contributed by atoms with E-state index in [4.69, 9.17) is 72.0 Å². The largest absolute Gasteiger partial charge is 0.459 e. The number of rotatable bonds is 1. The molecule has 6 N–H and O–H groups in total. The van der Waals surface area contributed by atoms with Gasteiger partial charge in [-0.15, -0.1) is 0 Å². The topological polar surface area (TPSA) is 253 Å². The van der Waals surface area contributed by atoms with Gasteiger partial charge in [0.1, 0.15) is 30.5 Å². The maximum absolute atomic E-state index is 14.4. The first-order valence-corrected chi connectivity index (χ1v) is 30.5. The summed E-state index contributed by atoms with van der Waals surface area (Å²) in [5.41, 5.74) is 7.89. The molecule has 14 fully saturated rings. The molecule has 14 aliphatic heterocycles. The van der Waals surface area contributed by atoms with Crippen LogP contribution in [0.1, 0.15) is 129 Å². The van der Waals surface area contributed by atoms with E-state index in [-0.39, 0.29) is 104 Å². The molecule has 14 rings (SSSR count). The summed E-state index contributed by atoms with van der Waals surface area (Å²) in [4.78, 5) is 14.4. The van der Waals surface area contributed by atoms with Gasteiger partial charge >= 0.3 is 5.97 Å². The molecule has 0 amide bonds. The van der Waals surface area contributed by atoms with Crippen LogP contribution in [0.2, 0.25) is 0 Å². The predicted octanol–water partition coefficient (Wildman–Crippen LogP) is 3.34. The third kappa shape index (κ3) is 9.41. The molecule has 0 radical (unpaired) electrons. The standard InChI is InChI=1S/C56H80INO19/c1-24-13-28-5-7-32-25(2)14-30(64-32)9-12-55-52(61)56(62,63)51(77-55)50-46(57)49(76-55)48-34(70-50)8-6-29(66-48)15-45(60)69-39-18-37-38(67-36(39)17-35(65-28)27(24)4)19-40-42(68-37)21-54(73-40)22-43-33(72-54)10-11-53(75-43)20-26(3)47-41(74-53)16-31(59)44(23-58)71-47/h24,26,28-44,46-52,59,61-63H,2,4-23,58H2,1,3H3/t24-,26+,28+,29-,30+,31-,32+,33+,34+,35-,36+,37?,38+,39-,40-,41+,42?,43+,44-,46+,47+,48+,49-,50-,51?,52+,53+,54-,55-/m1/s1. The molecule has 77 heavy (non-hydrogen) atoms. The Balaban J connectivity index is 0.690. The fraction of sp³-hybridized carbons (Fsp3) is 0.911. The van der Waals surface area contributed by atoms with Crippen molar-refractivity contribution in [1.29, 1.82) is 0 Å². The van der Waals surface area contributed by atoms with Gasteiger partial charge in [0.15, 0.2) is 17.7 Å². The lowest BCUT2D eigenvalue weighted by Gasteiger charge is -2.53. The van der Waals surface area contributed by atoms with Crippen molar-refractivity contribution in [3.63, 3.8) is 0 Å². The number of nitrogens with two attached hydrogens (primary N) is 1. The van der Waals surface area contributed by atoms with Crippen molar-refractivity contribution in [3.8, 4) is 0 Å². The molecule has 0 aromatic carbocycles. The summed E-state index contributed by atoms with van der Waals surface area (Å²) in [6.07, 6.45) is -2.16. The number of esters is 1. The molecule has 430 valence electrons. The third-order valence-corrected chi connectivity index (χ3v) is 22.0. The summed E-state index contributed by atoms with van der Waals surface area (Å²) in [6, 6.07) is 0. The van der Waals surface area contributed by atoms with E-state index in [9.17, 15) is 25.2 Å². The van der Waals surface area contributed by atoms with Crippen molar-refractivity contribution in [2.45, 2.75) is 297 Å². The van der Waals surface area contributed by atoms with E-state index < -0.39 is 100 Å². The molecule has 20 nitrogen and oxygen atoms in total. The summed E-state index contributed by atoms with van der Waals surface area (Å²) in [7, 11) is 0. The lowest BCUT2D eigenvalue weighted by molar-refractivity contribution is -0.364. The fourth-order valence-corrected chi connectivity index (χ4v) is 17.8. The zero-order chi connectivity index (χ0) is 53.1. The van der Waals surface area contributed by atoms with E-state index in [1.165, 1.54) is 0 Å². The number of carbonyl (C=O) groups excluding carboxylic acids is 1. The quantitative estimate of drug-likeness (QED) is 0.0830. The van der Waals surface area contributed by atoms with Crippen molar-refractivity contribution in [3.05, 3.63) is 24.3 Å². The number of alkyl halides is 1. The number of hydrogen-bond acceptors (Lipinski definition) is 20. The van der Waals surface area contributed by atoms with Crippen LogP contribution in [-0.2, 0) is 71.1 Å². The molecule has 14 saturated heterocycles. The zero-order valence-electron chi connectivity index (χ0n) is 44.2. The van der Waals surface area contributed by atoms with Crippen LogP contribution in [-0.4, -0.2) is 200 Å². The Hall–Kier alpha value is -1.04. The average molecular weight is 1200 g/mol. The predicted molar refractivity (Wildman–Crippen MR) is 274 cm³/mol. The molecule has 0 saturated carbocycles. The molecule has 14 aliphatic rings. The first kappa shape index (κ1) is 53.9. The molecule has 29 atom stereocenters. The minimum absolute atomic E-state index is 0.0255. The minimum atomic E-state index is -2.63. The zero-order valence-corrected chi connectivity index (χ0v) is 46.4. The second-order valence-electron chi connectivity index (χ2n) is 25.8. The number of fused-ring (bicyclic) bond motifs is 13. The fourth-order valence-electron chi connectivity index (χ4n) is 16.7. The number of aliphatic hydroxyl groups is 4. The van der Waals surface area contributed by atoms with E-state index >= 15 is 0 Å². The van der Waals surface area contributed by atoms with Gasteiger partial charge in [-0.2, -0.15) is 0 Å². The summed E-state index contributed by atoms with van der Waals surface area (Å²) < 4.78 is 94.2. The van der Waals surface area contributed by atoms with E-state index in [1.807, 2.05) is 0 Å². The molecule has 3 unspecified atom stereocenters. The molecule has 0 aromatic rings. The SMILES string of the molecule is C=C1C[C@@H]2CC[C@]34OC([C@@H]5O[C@H]6CC[C@H](CC(=O)O[C@@H]7CC8OC9C[C@]%10(C[C@@H]%11O[C@@]%12(CC[C@@H]%11O%10)C[C@H](C)[C@@H]%10O[C@H](CN)[C@H](O)C[C@@H]%10O%12)O[C@@H]9C[C@@H]8O[C@H]7C[C@H]7O[C@@H](CC[C@@H]1O2)C[C@@H](C)C7=C)O[C@@H]6[C@H](O3)[C@@H]5I)C(O)(O)[C@H]4O. The third-order valence-electron chi connectivity index (χ3n) is 20.6. The molecule has 0 aliphatic carbocycles. The number of halogens is 1. The van der Waals surface area contributed by atoms with Crippen LogP contribution in [0.15, 0.2) is 24.3 Å². The van der Waals surface area contributed by atoms with Crippen LogP contribution in [0.4, 0.5) is 0 Å². The maximum Gasteiger partial charge on any atom is 0.308 e. The van der Waals surface area contributed by atoms with E-state index in [2.05, 4.69) is 49.6 Å². The van der Waals surface area contributed by atoms with Crippen molar-refractivity contribution < 1.29 is 91.5 Å². The smallest absolute Gasteiger partial charge is 0.308 e. The summed E-state index contributed by atoms with van der Waals surface area (Å²) in [6.45, 7) is 13.6. The Morgan fingerprint density at radius 1 is 0.584 bits per heavy atom. The van der Waals surface area contributed by atoms with Crippen molar-refractivity contribution >= 4 is 28.6 Å². The average Bonchev–Trinajstić information content (AvgIpc) is 4.30. The summed E-state index contributed by atoms with van der Waals surface area (Å²) >= 11 is 2.21. The van der Waals surface area contributed by atoms with Gasteiger partial charge in [-0.25, -0.2) is 0 Å². The van der Waals surface area contributed by atoms with Crippen LogP contribution >= 0.6 is 22.6 Å². The maximum atomic E-state index is 14.4. The molecular weight excluding hydrogens is 1120 g/mol. The van der Waals surface area contributed by atoms with Gasteiger partial charge in [0.25, 0.3) is 0 Å². The van der Waals surface area contributed by atoms with Gasteiger partial charge in [0.2, 0.25) is 11.6 Å². The highest BCUT2D eigenvalue weighted by atomic mass is 127. The Morgan fingerprint density at radius 2 is 1.30 bits per heavy atom. The molecule has 21 heteroatoms. The monoisotopic (exact) mass is 1200 g/mol. The number of ether oxygens (including phenoxy) is 14. The van der Waals surface area contributed by atoms with Crippen molar-refractivity contribution in [2.75, 3.05) is 6.54 Å². The number of aliphatic hydroxyl groups excluding tert-OH is 2. The van der Waals surface area contributed by atoms with Crippen LogP contribution in [0.3, 0.4) is 0 Å². The van der Waals surface area contributed by atoms with E-state index in [0.29, 0.717) is 83.5 Å². The van der Waals surface area contributed by atoms with Crippen LogP contribution in [0, 0.1) is 11.8 Å². The van der Waals surface area contributed by atoms with Crippen molar-refractivity contribution in [2.24, 2.45) is 17.6 Å². The Kier molecular flexibility index (Phi) is 14.1.